The van der Waals surface area contributed by atoms with Gasteiger partial charge < -0.3 is 15.0 Å². The summed E-state index contributed by atoms with van der Waals surface area (Å²) < 4.78 is 36.4. The first-order valence-corrected chi connectivity index (χ1v) is 15.3. The van der Waals surface area contributed by atoms with Gasteiger partial charge in [0.15, 0.2) is 0 Å². The number of aryl methyl sites for hydroxylation is 1. The average molecular weight is 553 g/mol. The van der Waals surface area contributed by atoms with Crippen molar-refractivity contribution in [2.45, 2.75) is 62.0 Å². The lowest BCUT2D eigenvalue weighted by atomic mass is 9.90. The van der Waals surface area contributed by atoms with Gasteiger partial charge in [-0.3, -0.25) is 9.36 Å². The van der Waals surface area contributed by atoms with Gasteiger partial charge in [0.05, 0.1) is 17.1 Å². The third-order valence-corrected chi connectivity index (χ3v) is 10.4. The van der Waals surface area contributed by atoms with E-state index < -0.39 is 10.0 Å². The second-order valence-electron chi connectivity index (χ2n) is 11.2. The predicted octanol–water partition coefficient (Wildman–Crippen LogP) is 3.44. The molecular weight excluding hydrogens is 516 g/mol. The van der Waals surface area contributed by atoms with Crippen LogP contribution in [0.5, 0.6) is 0 Å². The van der Waals surface area contributed by atoms with Gasteiger partial charge in [-0.15, -0.1) is 0 Å². The molecule has 0 unspecified atom stereocenters. The number of aromatic nitrogens is 3. The first-order chi connectivity index (χ1) is 18.7. The van der Waals surface area contributed by atoms with Crippen molar-refractivity contribution >= 4 is 32.7 Å². The van der Waals surface area contributed by atoms with Gasteiger partial charge in [-0.05, 0) is 69.5 Å². The van der Waals surface area contributed by atoms with Crippen LogP contribution >= 0.6 is 0 Å². The maximum atomic E-state index is 13.5. The molecule has 10 nitrogen and oxygen atoms in total. The number of hydrogen-bond acceptors (Lipinski definition) is 8. The van der Waals surface area contributed by atoms with Gasteiger partial charge in [0.1, 0.15) is 5.65 Å². The summed E-state index contributed by atoms with van der Waals surface area (Å²) in [6.07, 6.45) is 7.29. The Morgan fingerprint density at radius 3 is 2.56 bits per heavy atom. The quantitative estimate of drug-likeness (QED) is 0.513. The van der Waals surface area contributed by atoms with Crippen LogP contribution in [0.15, 0.2) is 46.2 Å². The molecule has 0 atom stereocenters. The molecule has 2 aliphatic heterocycles. The molecule has 208 valence electrons. The first kappa shape index (κ1) is 26.4. The Kier molecular flexibility index (Phi) is 6.95. The molecule has 1 N–H and O–H groups in total. The molecule has 1 aliphatic carbocycles. The van der Waals surface area contributed by atoms with Crippen molar-refractivity contribution < 1.29 is 13.2 Å². The minimum absolute atomic E-state index is 0.0458. The van der Waals surface area contributed by atoms with E-state index in [1.807, 2.05) is 6.92 Å². The highest BCUT2D eigenvalue weighted by atomic mass is 32.2. The van der Waals surface area contributed by atoms with E-state index in [0.29, 0.717) is 44.1 Å². The lowest BCUT2D eigenvalue weighted by Gasteiger charge is -2.46. The SMILES string of the molecule is Cc1cc(S(=O)(=O)N2CCC3(CC2)CN(C)CCO3)ccc1Nc1ncc2ccc(=O)n(C3CCCC3)c2n1. The zero-order valence-corrected chi connectivity index (χ0v) is 23.4. The predicted molar refractivity (Wildman–Crippen MR) is 150 cm³/mol. The number of morpholine rings is 1. The second kappa shape index (κ2) is 10.3. The van der Waals surface area contributed by atoms with Gasteiger partial charge >= 0.3 is 0 Å². The molecule has 1 saturated carbocycles. The number of fused-ring (bicyclic) bond motifs is 1. The molecule has 3 aromatic rings. The number of nitrogens with one attached hydrogen (secondary N) is 1. The fraction of sp³-hybridized carbons (Fsp3) is 0.536. The summed E-state index contributed by atoms with van der Waals surface area (Å²) in [7, 11) is -1.54. The van der Waals surface area contributed by atoms with Gasteiger partial charge in [0.2, 0.25) is 16.0 Å². The highest BCUT2D eigenvalue weighted by molar-refractivity contribution is 7.89. The Balaban J connectivity index is 1.21. The van der Waals surface area contributed by atoms with E-state index in [1.165, 1.54) is 0 Å². The minimum atomic E-state index is -3.62. The monoisotopic (exact) mass is 552 g/mol. The number of nitrogens with zero attached hydrogens (tertiary/aromatic N) is 5. The van der Waals surface area contributed by atoms with E-state index in [0.717, 1.165) is 55.4 Å². The summed E-state index contributed by atoms with van der Waals surface area (Å²) in [5.74, 6) is 0.373. The van der Waals surface area contributed by atoms with Crippen LogP contribution in [-0.2, 0) is 14.8 Å². The van der Waals surface area contributed by atoms with Gasteiger partial charge in [-0.1, -0.05) is 12.8 Å². The van der Waals surface area contributed by atoms with Gasteiger partial charge in [-0.25, -0.2) is 13.4 Å². The number of hydrogen-bond donors (Lipinski definition) is 1. The molecule has 1 aromatic carbocycles. The molecule has 3 aliphatic rings. The fourth-order valence-corrected chi connectivity index (χ4v) is 7.82. The van der Waals surface area contributed by atoms with Crippen LogP contribution in [0, 0.1) is 6.92 Å². The molecule has 0 amide bonds. The van der Waals surface area contributed by atoms with Crippen molar-refractivity contribution in [3.8, 4) is 0 Å². The number of benzene rings is 1. The van der Waals surface area contributed by atoms with Crippen LogP contribution in [0.4, 0.5) is 11.6 Å². The highest BCUT2D eigenvalue weighted by Gasteiger charge is 2.41. The Morgan fingerprint density at radius 2 is 1.85 bits per heavy atom. The first-order valence-electron chi connectivity index (χ1n) is 13.8. The van der Waals surface area contributed by atoms with E-state index in [-0.39, 0.29) is 22.1 Å². The van der Waals surface area contributed by atoms with Crippen LogP contribution < -0.4 is 10.9 Å². The third kappa shape index (κ3) is 5.08. The number of piperidine rings is 1. The van der Waals surface area contributed by atoms with Crippen molar-refractivity contribution in [1.82, 2.24) is 23.7 Å². The Labute approximate surface area is 229 Å². The van der Waals surface area contributed by atoms with E-state index in [4.69, 9.17) is 9.72 Å². The van der Waals surface area contributed by atoms with Crippen molar-refractivity contribution in [3.63, 3.8) is 0 Å². The smallest absolute Gasteiger partial charge is 0.252 e. The number of pyridine rings is 1. The number of ether oxygens (including phenoxy) is 1. The van der Waals surface area contributed by atoms with Crippen molar-refractivity contribution in [3.05, 3.63) is 52.4 Å². The molecule has 2 aromatic heterocycles. The second-order valence-corrected chi connectivity index (χ2v) is 13.2. The van der Waals surface area contributed by atoms with E-state index in [1.54, 1.807) is 45.4 Å². The van der Waals surface area contributed by atoms with Crippen LogP contribution in [0.2, 0.25) is 0 Å². The number of likely N-dealkylation sites (N-methyl/N-ethyl adjacent to an activating group) is 1. The molecule has 2 saturated heterocycles. The maximum absolute atomic E-state index is 13.5. The average Bonchev–Trinajstić information content (AvgIpc) is 3.44. The molecule has 3 fully saturated rings. The molecule has 4 heterocycles. The fourth-order valence-electron chi connectivity index (χ4n) is 6.29. The molecule has 0 radical (unpaired) electrons. The van der Waals surface area contributed by atoms with Crippen LogP contribution in [0.3, 0.4) is 0 Å². The van der Waals surface area contributed by atoms with Gasteiger partial charge in [0, 0.05) is 55.6 Å². The standard InChI is InChI=1S/C28H36N6O4S/c1-20-17-23(39(36,37)33-13-11-28(12-14-33)19-32(2)15-16-38-28)8-9-24(20)30-27-29-18-21-7-10-25(35)34(26(21)31-27)22-5-3-4-6-22/h7-10,17-18,22H,3-6,11-16,19H2,1-2H3,(H,29,30,31). The van der Waals surface area contributed by atoms with E-state index >= 15 is 0 Å². The summed E-state index contributed by atoms with van der Waals surface area (Å²) in [4.78, 5) is 24.4. The van der Waals surface area contributed by atoms with Gasteiger partial charge in [0.25, 0.3) is 5.56 Å². The summed E-state index contributed by atoms with van der Waals surface area (Å²) in [5, 5.41) is 4.05. The minimum Gasteiger partial charge on any atom is -0.372 e. The third-order valence-electron chi connectivity index (χ3n) is 8.51. The summed E-state index contributed by atoms with van der Waals surface area (Å²) in [6, 6.07) is 8.60. The van der Waals surface area contributed by atoms with Crippen molar-refractivity contribution in [2.24, 2.45) is 0 Å². The van der Waals surface area contributed by atoms with E-state index in [2.05, 4.69) is 22.2 Å². The summed E-state index contributed by atoms with van der Waals surface area (Å²) >= 11 is 0. The Morgan fingerprint density at radius 1 is 1.08 bits per heavy atom. The topological polar surface area (TPSA) is 110 Å². The molecule has 11 heteroatoms. The van der Waals surface area contributed by atoms with E-state index in [9.17, 15) is 13.2 Å². The number of sulfonamides is 1. The highest BCUT2D eigenvalue weighted by Crippen LogP contribution is 2.33. The lowest BCUT2D eigenvalue weighted by molar-refractivity contribution is -0.124. The van der Waals surface area contributed by atoms with Crippen LogP contribution in [-0.4, -0.2) is 77.6 Å². The largest absolute Gasteiger partial charge is 0.372 e. The van der Waals surface area contributed by atoms with Gasteiger partial charge in [-0.2, -0.15) is 9.29 Å². The summed E-state index contributed by atoms with van der Waals surface area (Å²) in [5.41, 5.74) is 1.82. The Bertz CT molecular complexity index is 1540. The zero-order valence-electron chi connectivity index (χ0n) is 22.6. The molecule has 1 spiro atoms. The normalized spacial score (nSPS) is 21.1. The number of rotatable bonds is 5. The Hall–Kier alpha value is -2.86. The lowest BCUT2D eigenvalue weighted by Crippen LogP contribution is -2.56. The summed E-state index contributed by atoms with van der Waals surface area (Å²) in [6.45, 7) is 5.21. The van der Waals surface area contributed by atoms with Crippen LogP contribution in [0.25, 0.3) is 11.0 Å². The molecular formula is C28H36N6O4S. The molecule has 39 heavy (non-hydrogen) atoms. The molecule has 6 rings (SSSR count). The molecule has 0 bridgehead atoms. The van der Waals surface area contributed by atoms with Crippen molar-refractivity contribution in [1.29, 1.82) is 0 Å². The zero-order chi connectivity index (χ0) is 27.2. The number of anilines is 2. The van der Waals surface area contributed by atoms with Crippen LogP contribution in [0.1, 0.15) is 50.1 Å². The van der Waals surface area contributed by atoms with Crippen molar-refractivity contribution in [2.75, 3.05) is 45.2 Å². The maximum Gasteiger partial charge on any atom is 0.252 e.